The van der Waals surface area contributed by atoms with E-state index in [0.29, 0.717) is 5.92 Å². The molecule has 1 aromatic carbocycles. The maximum Gasteiger partial charge on any atom is 0.128 e. The molecule has 2 heteroatoms. The van der Waals surface area contributed by atoms with Crippen LogP contribution in [-0.2, 0) is 0 Å². The molecule has 0 spiro atoms. The van der Waals surface area contributed by atoms with Crippen LogP contribution in [0.3, 0.4) is 0 Å². The zero-order chi connectivity index (χ0) is 9.14. The lowest BCUT2D eigenvalue weighted by Gasteiger charge is -2.09. The van der Waals surface area contributed by atoms with Gasteiger partial charge in [0.2, 0.25) is 0 Å². The molecule has 0 bridgehead atoms. The van der Waals surface area contributed by atoms with Gasteiger partial charge in [-0.1, -0.05) is 49.7 Å². The Morgan fingerprint density at radius 1 is 1.33 bits per heavy atom. The summed E-state index contributed by atoms with van der Waals surface area (Å²) in [5, 5.41) is 7.46. The van der Waals surface area contributed by atoms with Crippen molar-refractivity contribution in [2.24, 2.45) is 0 Å². The van der Waals surface area contributed by atoms with Gasteiger partial charge in [0.05, 0.1) is 0 Å². The number of halogens is 1. The molecule has 64 valence electrons. The Kier molecular flexibility index (Phi) is 2.88. The highest BCUT2D eigenvalue weighted by molar-refractivity contribution is 6.68. The third-order valence-electron chi connectivity index (χ3n) is 1.82. The number of rotatable bonds is 2. The molecule has 0 aliphatic rings. The molecule has 1 aromatic rings. The molecule has 0 radical (unpaired) electrons. The molecule has 0 aromatic heterocycles. The van der Waals surface area contributed by atoms with Crippen molar-refractivity contribution in [2.45, 2.75) is 19.8 Å². The highest BCUT2D eigenvalue weighted by atomic mass is 35.5. The van der Waals surface area contributed by atoms with Crippen molar-refractivity contribution < 1.29 is 0 Å². The van der Waals surface area contributed by atoms with E-state index in [0.717, 1.165) is 11.1 Å². The van der Waals surface area contributed by atoms with Crippen LogP contribution in [0.15, 0.2) is 24.3 Å². The Balaban J connectivity index is 3.17. The van der Waals surface area contributed by atoms with E-state index < -0.39 is 0 Å². The first kappa shape index (κ1) is 9.27. The summed E-state index contributed by atoms with van der Waals surface area (Å²) >= 11 is 5.64. The zero-order valence-electron chi connectivity index (χ0n) is 7.26. The van der Waals surface area contributed by atoms with Gasteiger partial charge in [0.25, 0.3) is 0 Å². The second kappa shape index (κ2) is 3.72. The number of nitrogens with one attached hydrogen (secondary N) is 1. The summed E-state index contributed by atoms with van der Waals surface area (Å²) in [6, 6.07) is 7.76. The van der Waals surface area contributed by atoms with Crippen LogP contribution in [0.2, 0.25) is 0 Å². The summed E-state index contributed by atoms with van der Waals surface area (Å²) in [6.07, 6.45) is 0. The Labute approximate surface area is 77.9 Å². The van der Waals surface area contributed by atoms with Crippen molar-refractivity contribution in [1.82, 2.24) is 0 Å². The van der Waals surface area contributed by atoms with Gasteiger partial charge < -0.3 is 0 Å². The van der Waals surface area contributed by atoms with E-state index in [1.807, 2.05) is 24.3 Å². The third-order valence-corrected chi connectivity index (χ3v) is 2.02. The number of hydrogen-bond acceptors (Lipinski definition) is 1. The summed E-state index contributed by atoms with van der Waals surface area (Å²) in [5.74, 6) is 0.417. The Hall–Kier alpha value is -0.820. The molecule has 1 rings (SSSR count). The average Bonchev–Trinajstić information content (AvgIpc) is 2.04. The molecule has 0 saturated heterocycles. The lowest BCUT2D eigenvalue weighted by atomic mass is 9.98. The van der Waals surface area contributed by atoms with Crippen molar-refractivity contribution >= 4 is 16.8 Å². The largest absolute Gasteiger partial charge is 0.289 e. The molecule has 0 heterocycles. The fourth-order valence-electron chi connectivity index (χ4n) is 1.20. The van der Waals surface area contributed by atoms with Gasteiger partial charge in [-0.2, -0.15) is 0 Å². The van der Waals surface area contributed by atoms with Crippen LogP contribution >= 0.6 is 11.6 Å². The van der Waals surface area contributed by atoms with Crippen molar-refractivity contribution in [3.8, 4) is 0 Å². The summed E-state index contributed by atoms with van der Waals surface area (Å²) in [5.41, 5.74) is 1.98. The average molecular weight is 182 g/mol. The molecule has 0 saturated carbocycles. The third kappa shape index (κ3) is 1.86. The molecule has 1 N–H and O–H groups in total. The first-order valence-corrected chi connectivity index (χ1v) is 4.34. The minimum atomic E-state index is 0.124. The minimum Gasteiger partial charge on any atom is -0.289 e. The summed E-state index contributed by atoms with van der Waals surface area (Å²) in [7, 11) is 0. The van der Waals surface area contributed by atoms with Gasteiger partial charge >= 0.3 is 0 Å². The fraction of sp³-hybridized carbons (Fsp3) is 0.300. The van der Waals surface area contributed by atoms with Crippen LogP contribution in [0.1, 0.15) is 30.9 Å². The van der Waals surface area contributed by atoms with Crippen molar-refractivity contribution in [3.63, 3.8) is 0 Å². The van der Waals surface area contributed by atoms with E-state index in [4.69, 9.17) is 17.0 Å². The van der Waals surface area contributed by atoms with E-state index in [1.165, 1.54) is 0 Å². The van der Waals surface area contributed by atoms with Gasteiger partial charge in [-0.25, -0.2) is 0 Å². The van der Waals surface area contributed by atoms with E-state index in [2.05, 4.69) is 13.8 Å². The Morgan fingerprint density at radius 2 is 1.92 bits per heavy atom. The molecule has 0 atom stereocenters. The van der Waals surface area contributed by atoms with Crippen molar-refractivity contribution in [1.29, 1.82) is 5.41 Å². The van der Waals surface area contributed by atoms with Gasteiger partial charge in [0.1, 0.15) is 5.17 Å². The topological polar surface area (TPSA) is 23.9 Å². The molecule has 0 amide bonds. The molecule has 0 unspecified atom stereocenters. The molecular formula is C10H12ClN. The predicted molar refractivity (Wildman–Crippen MR) is 53.2 cm³/mol. The van der Waals surface area contributed by atoms with E-state index in [9.17, 15) is 0 Å². The SMILES string of the molecule is CC(C)c1ccccc1C(=N)Cl. The normalized spacial score (nSPS) is 10.3. The molecule has 0 aliphatic heterocycles. The molecule has 1 nitrogen and oxygen atoms in total. The van der Waals surface area contributed by atoms with Gasteiger partial charge in [-0.05, 0) is 11.5 Å². The number of hydrogen-bond donors (Lipinski definition) is 1. The summed E-state index contributed by atoms with van der Waals surface area (Å²) in [4.78, 5) is 0. The first-order chi connectivity index (χ1) is 5.63. The lowest BCUT2D eigenvalue weighted by Crippen LogP contribution is -1.98. The van der Waals surface area contributed by atoms with E-state index >= 15 is 0 Å². The van der Waals surface area contributed by atoms with Crippen LogP contribution in [-0.4, -0.2) is 5.17 Å². The van der Waals surface area contributed by atoms with Crippen LogP contribution in [0.4, 0.5) is 0 Å². The summed E-state index contributed by atoms with van der Waals surface area (Å²) in [6.45, 7) is 4.19. The highest BCUT2D eigenvalue weighted by Crippen LogP contribution is 2.20. The van der Waals surface area contributed by atoms with Gasteiger partial charge in [0.15, 0.2) is 0 Å². The standard InChI is InChI=1S/C10H12ClN/c1-7(2)8-5-3-4-6-9(8)10(11)12/h3-7,12H,1-2H3. The maximum absolute atomic E-state index is 7.33. The maximum atomic E-state index is 7.33. The lowest BCUT2D eigenvalue weighted by molar-refractivity contribution is 0.864. The zero-order valence-corrected chi connectivity index (χ0v) is 8.02. The molecular weight excluding hydrogens is 170 g/mol. The minimum absolute atomic E-state index is 0.124. The highest BCUT2D eigenvalue weighted by Gasteiger charge is 2.07. The van der Waals surface area contributed by atoms with Crippen LogP contribution in [0, 0.1) is 5.41 Å². The molecule has 0 fully saturated rings. The quantitative estimate of drug-likeness (QED) is 0.677. The van der Waals surface area contributed by atoms with Gasteiger partial charge in [-0.3, -0.25) is 5.41 Å². The number of benzene rings is 1. The molecule has 0 aliphatic carbocycles. The van der Waals surface area contributed by atoms with Crippen LogP contribution in [0.25, 0.3) is 0 Å². The second-order valence-electron chi connectivity index (χ2n) is 3.06. The Morgan fingerprint density at radius 3 is 2.33 bits per heavy atom. The fourth-order valence-corrected chi connectivity index (χ4v) is 1.37. The van der Waals surface area contributed by atoms with E-state index in [1.54, 1.807) is 0 Å². The molecule has 12 heavy (non-hydrogen) atoms. The smallest absolute Gasteiger partial charge is 0.128 e. The van der Waals surface area contributed by atoms with Crippen molar-refractivity contribution in [2.75, 3.05) is 0 Å². The van der Waals surface area contributed by atoms with Gasteiger partial charge in [0, 0.05) is 5.56 Å². The second-order valence-corrected chi connectivity index (χ2v) is 3.43. The van der Waals surface area contributed by atoms with Gasteiger partial charge in [-0.15, -0.1) is 0 Å². The van der Waals surface area contributed by atoms with Crippen LogP contribution in [0.5, 0.6) is 0 Å². The predicted octanol–water partition coefficient (Wildman–Crippen LogP) is 3.37. The van der Waals surface area contributed by atoms with E-state index in [-0.39, 0.29) is 5.17 Å². The van der Waals surface area contributed by atoms with Crippen LogP contribution < -0.4 is 0 Å². The van der Waals surface area contributed by atoms with Crippen molar-refractivity contribution in [3.05, 3.63) is 35.4 Å². The first-order valence-electron chi connectivity index (χ1n) is 3.96. The summed E-state index contributed by atoms with van der Waals surface area (Å²) < 4.78 is 0. The monoisotopic (exact) mass is 181 g/mol. The Bertz CT molecular complexity index is 292.